The lowest BCUT2D eigenvalue weighted by Gasteiger charge is -2.19. The predicted octanol–water partition coefficient (Wildman–Crippen LogP) is 5.09. The van der Waals surface area contributed by atoms with E-state index in [1.54, 1.807) is 12.1 Å². The molecule has 0 saturated carbocycles. The molecule has 0 aliphatic heterocycles. The molecule has 0 amide bonds. The van der Waals surface area contributed by atoms with Crippen LogP contribution in [0.15, 0.2) is 66.7 Å². The van der Waals surface area contributed by atoms with Crippen LogP contribution in [-0.4, -0.2) is 10.2 Å². The van der Waals surface area contributed by atoms with Crippen molar-refractivity contribution in [3.05, 3.63) is 94.5 Å². The van der Waals surface area contributed by atoms with E-state index in [4.69, 9.17) is 0 Å². The first-order valence-electron chi connectivity index (χ1n) is 8.17. The van der Waals surface area contributed by atoms with Gasteiger partial charge in [-0.05, 0) is 60.2 Å². The lowest BCUT2D eigenvalue weighted by atomic mass is 9.85. The Morgan fingerprint density at radius 3 is 1.96 bits per heavy atom. The van der Waals surface area contributed by atoms with Crippen LogP contribution in [0.3, 0.4) is 0 Å². The topological polar surface area (TPSA) is 40.5 Å². The van der Waals surface area contributed by atoms with E-state index in [1.807, 2.05) is 38.1 Å². The van der Waals surface area contributed by atoms with Crippen LogP contribution in [0.5, 0.6) is 11.5 Å². The average molecular weight is 318 g/mol. The Labute approximate surface area is 143 Å². The Hall–Kier alpha value is -2.74. The summed E-state index contributed by atoms with van der Waals surface area (Å²) in [7, 11) is 0. The van der Waals surface area contributed by atoms with Crippen LogP contribution in [0.2, 0.25) is 0 Å². The second-order valence-corrected chi connectivity index (χ2v) is 6.33. The summed E-state index contributed by atoms with van der Waals surface area (Å²) in [6.07, 6.45) is 0.843. The SMILES string of the molecule is Cc1cc(CC(c2ccccc2)c2ccc(O)c(C)c2)ccc1O. The van der Waals surface area contributed by atoms with Gasteiger partial charge < -0.3 is 10.2 Å². The molecule has 0 aliphatic carbocycles. The normalized spacial score (nSPS) is 12.1. The van der Waals surface area contributed by atoms with Crippen LogP contribution in [0, 0.1) is 13.8 Å². The van der Waals surface area contributed by atoms with Crippen LogP contribution in [0.25, 0.3) is 0 Å². The smallest absolute Gasteiger partial charge is 0.118 e. The molecule has 0 aliphatic rings. The van der Waals surface area contributed by atoms with Crippen molar-refractivity contribution in [1.82, 2.24) is 0 Å². The van der Waals surface area contributed by atoms with Gasteiger partial charge in [0.15, 0.2) is 0 Å². The average Bonchev–Trinajstić information content (AvgIpc) is 2.59. The maximum absolute atomic E-state index is 9.82. The monoisotopic (exact) mass is 318 g/mol. The van der Waals surface area contributed by atoms with Crippen molar-refractivity contribution in [1.29, 1.82) is 0 Å². The third-order valence-electron chi connectivity index (χ3n) is 4.53. The summed E-state index contributed by atoms with van der Waals surface area (Å²) < 4.78 is 0. The fourth-order valence-corrected chi connectivity index (χ4v) is 3.09. The van der Waals surface area contributed by atoms with Gasteiger partial charge in [-0.1, -0.05) is 54.6 Å². The van der Waals surface area contributed by atoms with Gasteiger partial charge in [-0.25, -0.2) is 0 Å². The summed E-state index contributed by atoms with van der Waals surface area (Å²) in [6.45, 7) is 3.84. The first-order valence-corrected chi connectivity index (χ1v) is 8.17. The Morgan fingerprint density at radius 1 is 0.708 bits per heavy atom. The zero-order valence-electron chi connectivity index (χ0n) is 14.0. The second kappa shape index (κ2) is 6.79. The third-order valence-corrected chi connectivity index (χ3v) is 4.53. The van der Waals surface area contributed by atoms with Gasteiger partial charge in [0, 0.05) is 5.92 Å². The van der Waals surface area contributed by atoms with Crippen molar-refractivity contribution in [2.45, 2.75) is 26.2 Å². The highest BCUT2D eigenvalue weighted by molar-refractivity contribution is 5.42. The molecule has 1 atom stereocenters. The van der Waals surface area contributed by atoms with Crippen LogP contribution in [0.4, 0.5) is 0 Å². The molecule has 0 bridgehead atoms. The van der Waals surface area contributed by atoms with Gasteiger partial charge in [0.1, 0.15) is 11.5 Å². The van der Waals surface area contributed by atoms with E-state index in [2.05, 4.69) is 30.3 Å². The number of benzene rings is 3. The zero-order valence-corrected chi connectivity index (χ0v) is 14.0. The number of aromatic hydroxyl groups is 2. The molecule has 3 rings (SSSR count). The molecule has 0 aromatic heterocycles. The summed E-state index contributed by atoms with van der Waals surface area (Å²) in [5.41, 5.74) is 5.39. The van der Waals surface area contributed by atoms with Crippen molar-refractivity contribution in [2.24, 2.45) is 0 Å². The molecule has 2 N–H and O–H groups in total. The fourth-order valence-electron chi connectivity index (χ4n) is 3.09. The summed E-state index contributed by atoms with van der Waals surface area (Å²) >= 11 is 0. The van der Waals surface area contributed by atoms with E-state index in [0.29, 0.717) is 11.5 Å². The Kier molecular flexibility index (Phi) is 4.57. The van der Waals surface area contributed by atoms with E-state index >= 15 is 0 Å². The molecule has 2 heteroatoms. The number of phenols is 2. The largest absolute Gasteiger partial charge is 0.508 e. The minimum atomic E-state index is 0.203. The van der Waals surface area contributed by atoms with Crippen molar-refractivity contribution in [3.63, 3.8) is 0 Å². The number of rotatable bonds is 4. The van der Waals surface area contributed by atoms with Gasteiger partial charge in [0.2, 0.25) is 0 Å². The first kappa shape index (κ1) is 16.1. The molecule has 0 radical (unpaired) electrons. The highest BCUT2D eigenvalue weighted by atomic mass is 16.3. The van der Waals surface area contributed by atoms with Crippen LogP contribution >= 0.6 is 0 Å². The van der Waals surface area contributed by atoms with E-state index in [1.165, 1.54) is 16.7 Å². The standard InChI is InChI=1S/C22H22O2/c1-15-12-17(8-10-21(15)23)14-20(18-6-4-3-5-7-18)19-9-11-22(24)16(2)13-19/h3-13,20,23-24H,14H2,1-2H3. The van der Waals surface area contributed by atoms with Crippen molar-refractivity contribution < 1.29 is 10.2 Å². The molecule has 24 heavy (non-hydrogen) atoms. The Balaban J connectivity index is 2.01. The minimum absolute atomic E-state index is 0.203. The lowest BCUT2D eigenvalue weighted by molar-refractivity contribution is 0.470. The maximum Gasteiger partial charge on any atom is 0.118 e. The number of hydrogen-bond donors (Lipinski definition) is 2. The van der Waals surface area contributed by atoms with E-state index < -0.39 is 0 Å². The zero-order chi connectivity index (χ0) is 17.1. The highest BCUT2D eigenvalue weighted by Gasteiger charge is 2.16. The molecule has 0 saturated heterocycles. The highest BCUT2D eigenvalue weighted by Crippen LogP contribution is 2.32. The fraction of sp³-hybridized carbons (Fsp3) is 0.182. The van der Waals surface area contributed by atoms with Crippen molar-refractivity contribution in [2.75, 3.05) is 0 Å². The summed E-state index contributed by atoms with van der Waals surface area (Å²) in [5, 5.41) is 19.6. The van der Waals surface area contributed by atoms with Gasteiger partial charge in [-0.3, -0.25) is 0 Å². The lowest BCUT2D eigenvalue weighted by Crippen LogP contribution is -2.05. The summed E-state index contributed by atoms with van der Waals surface area (Å²) in [4.78, 5) is 0. The van der Waals surface area contributed by atoms with Gasteiger partial charge in [0.25, 0.3) is 0 Å². The van der Waals surface area contributed by atoms with Crippen LogP contribution < -0.4 is 0 Å². The quantitative estimate of drug-likeness (QED) is 0.703. The molecule has 0 spiro atoms. The molecule has 3 aromatic rings. The second-order valence-electron chi connectivity index (χ2n) is 6.33. The third kappa shape index (κ3) is 3.43. The van der Waals surface area contributed by atoms with Gasteiger partial charge >= 0.3 is 0 Å². The van der Waals surface area contributed by atoms with E-state index in [9.17, 15) is 10.2 Å². The van der Waals surface area contributed by atoms with Gasteiger partial charge in [-0.2, -0.15) is 0 Å². The van der Waals surface area contributed by atoms with Crippen molar-refractivity contribution >= 4 is 0 Å². The van der Waals surface area contributed by atoms with Crippen LogP contribution in [0.1, 0.15) is 33.7 Å². The van der Waals surface area contributed by atoms with Gasteiger partial charge in [0.05, 0.1) is 0 Å². The van der Waals surface area contributed by atoms with Crippen molar-refractivity contribution in [3.8, 4) is 11.5 Å². The number of phenolic OH excluding ortho intramolecular Hbond substituents is 2. The summed E-state index contributed by atoms with van der Waals surface area (Å²) in [5.74, 6) is 0.857. The molecule has 0 heterocycles. The molecule has 0 fully saturated rings. The molecule has 122 valence electrons. The number of hydrogen-bond acceptors (Lipinski definition) is 2. The van der Waals surface area contributed by atoms with E-state index in [-0.39, 0.29) is 5.92 Å². The predicted molar refractivity (Wildman–Crippen MR) is 97.7 cm³/mol. The Bertz CT molecular complexity index is 838. The van der Waals surface area contributed by atoms with Crippen LogP contribution in [-0.2, 0) is 6.42 Å². The molecule has 3 aromatic carbocycles. The minimum Gasteiger partial charge on any atom is -0.508 e. The molecular weight excluding hydrogens is 296 g/mol. The molecule has 2 nitrogen and oxygen atoms in total. The maximum atomic E-state index is 9.82. The van der Waals surface area contributed by atoms with E-state index in [0.717, 1.165) is 17.5 Å². The molecular formula is C22H22O2. The summed E-state index contributed by atoms with van der Waals surface area (Å²) in [6, 6.07) is 22.0. The number of aryl methyl sites for hydroxylation is 2. The Morgan fingerprint density at radius 2 is 1.33 bits per heavy atom. The molecule has 1 unspecified atom stereocenters. The first-order chi connectivity index (χ1) is 11.5. The van der Waals surface area contributed by atoms with Gasteiger partial charge in [-0.15, -0.1) is 0 Å².